The van der Waals surface area contributed by atoms with Gasteiger partial charge in [0, 0.05) is 6.54 Å². The molecular formula is C17H33N3O. The lowest BCUT2D eigenvalue weighted by Crippen LogP contribution is -2.45. The minimum absolute atomic E-state index is 0.0589. The summed E-state index contributed by atoms with van der Waals surface area (Å²) in [5.41, 5.74) is 0. The zero-order chi connectivity index (χ0) is 15.4. The van der Waals surface area contributed by atoms with Crippen molar-refractivity contribution >= 4 is 5.91 Å². The minimum Gasteiger partial charge on any atom is -0.325 e. The third-order valence-corrected chi connectivity index (χ3v) is 5.06. The normalized spacial score (nSPS) is 28.8. The van der Waals surface area contributed by atoms with E-state index in [9.17, 15) is 4.79 Å². The van der Waals surface area contributed by atoms with Gasteiger partial charge in [-0.3, -0.25) is 10.1 Å². The van der Waals surface area contributed by atoms with Crippen LogP contribution in [-0.4, -0.2) is 54.6 Å². The van der Waals surface area contributed by atoms with Gasteiger partial charge in [-0.15, -0.1) is 0 Å². The number of piperidine rings is 1. The van der Waals surface area contributed by atoms with Crippen molar-refractivity contribution in [3.63, 3.8) is 0 Å². The molecule has 1 amide bonds. The summed E-state index contributed by atoms with van der Waals surface area (Å²) < 4.78 is 0. The second-order valence-electron chi connectivity index (χ2n) is 7.29. The van der Waals surface area contributed by atoms with E-state index in [4.69, 9.17) is 0 Å². The largest absolute Gasteiger partial charge is 0.325 e. The van der Waals surface area contributed by atoms with Crippen LogP contribution in [0.15, 0.2) is 0 Å². The molecule has 2 aliphatic rings. The molecule has 1 N–H and O–H groups in total. The van der Waals surface area contributed by atoms with E-state index < -0.39 is 0 Å². The molecule has 2 heterocycles. The molecule has 4 heteroatoms. The Morgan fingerprint density at radius 1 is 1.29 bits per heavy atom. The summed E-state index contributed by atoms with van der Waals surface area (Å²) in [6.07, 6.45) is 5.97. The van der Waals surface area contributed by atoms with E-state index >= 15 is 0 Å². The Bertz CT molecular complexity index is 337. The molecule has 2 atom stereocenters. The third kappa shape index (κ3) is 4.19. The molecule has 21 heavy (non-hydrogen) atoms. The Morgan fingerprint density at radius 3 is 2.52 bits per heavy atom. The first kappa shape index (κ1) is 16.8. The predicted molar refractivity (Wildman–Crippen MR) is 87.0 cm³/mol. The maximum Gasteiger partial charge on any atom is 0.241 e. The smallest absolute Gasteiger partial charge is 0.241 e. The Balaban J connectivity index is 1.95. The monoisotopic (exact) mass is 295 g/mol. The van der Waals surface area contributed by atoms with Gasteiger partial charge in [-0.25, -0.2) is 0 Å². The summed E-state index contributed by atoms with van der Waals surface area (Å²) in [5.74, 6) is 1.51. The molecule has 2 unspecified atom stereocenters. The Hall–Kier alpha value is -0.610. The zero-order valence-corrected chi connectivity index (χ0v) is 14.3. The standard InChI is InChI=1S/C17H33N3O/c1-5-6-7-15-17(21)20(16(18-15)13(2)3)12-14-8-10-19(4)11-9-14/h13-16,18H,5-12H2,1-4H3. The maximum atomic E-state index is 12.7. The van der Waals surface area contributed by atoms with Crippen molar-refractivity contribution in [1.29, 1.82) is 0 Å². The van der Waals surface area contributed by atoms with Crippen LogP contribution in [0.1, 0.15) is 52.9 Å². The molecule has 4 nitrogen and oxygen atoms in total. The van der Waals surface area contributed by atoms with E-state index in [1.165, 1.54) is 25.9 Å². The SMILES string of the molecule is CCCCC1NC(C(C)C)N(CC2CCN(C)CC2)C1=O. The summed E-state index contributed by atoms with van der Waals surface area (Å²) in [6, 6.07) is 0.0589. The molecule has 0 spiro atoms. The van der Waals surface area contributed by atoms with Gasteiger partial charge in [0.25, 0.3) is 0 Å². The molecule has 0 bridgehead atoms. The Labute approximate surface area is 130 Å². The lowest BCUT2D eigenvalue weighted by molar-refractivity contribution is -0.131. The summed E-state index contributed by atoms with van der Waals surface area (Å²) in [7, 11) is 2.19. The molecule has 0 aliphatic carbocycles. The molecular weight excluding hydrogens is 262 g/mol. The predicted octanol–water partition coefficient (Wildman–Crippen LogP) is 2.30. The van der Waals surface area contributed by atoms with Gasteiger partial charge < -0.3 is 9.80 Å². The van der Waals surface area contributed by atoms with E-state index in [-0.39, 0.29) is 12.2 Å². The van der Waals surface area contributed by atoms with Crippen molar-refractivity contribution in [2.75, 3.05) is 26.7 Å². The van der Waals surface area contributed by atoms with Crippen molar-refractivity contribution in [1.82, 2.24) is 15.1 Å². The fourth-order valence-corrected chi connectivity index (χ4v) is 3.60. The van der Waals surface area contributed by atoms with Crippen LogP contribution in [0.4, 0.5) is 0 Å². The summed E-state index contributed by atoms with van der Waals surface area (Å²) in [4.78, 5) is 17.3. The molecule has 2 fully saturated rings. The number of carbonyl (C=O) groups excluding carboxylic acids is 1. The summed E-state index contributed by atoms with van der Waals surface area (Å²) in [6.45, 7) is 9.92. The lowest BCUT2D eigenvalue weighted by atomic mass is 9.96. The van der Waals surface area contributed by atoms with Crippen LogP contribution in [-0.2, 0) is 4.79 Å². The molecule has 2 aliphatic heterocycles. The van der Waals surface area contributed by atoms with Crippen molar-refractivity contribution in [2.24, 2.45) is 11.8 Å². The van der Waals surface area contributed by atoms with Crippen molar-refractivity contribution in [3.05, 3.63) is 0 Å². The Morgan fingerprint density at radius 2 is 1.95 bits per heavy atom. The highest BCUT2D eigenvalue weighted by Crippen LogP contribution is 2.25. The number of amides is 1. The van der Waals surface area contributed by atoms with Crippen LogP contribution < -0.4 is 5.32 Å². The van der Waals surface area contributed by atoms with Crippen LogP contribution >= 0.6 is 0 Å². The highest BCUT2D eigenvalue weighted by molar-refractivity contribution is 5.84. The molecule has 2 saturated heterocycles. The minimum atomic E-state index is 0.0589. The van der Waals surface area contributed by atoms with Crippen molar-refractivity contribution in [3.8, 4) is 0 Å². The summed E-state index contributed by atoms with van der Waals surface area (Å²) >= 11 is 0. The fraction of sp³-hybridized carbons (Fsp3) is 0.941. The number of rotatable bonds is 6. The number of likely N-dealkylation sites (tertiary alicyclic amines) is 1. The Kier molecular flexibility index (Phi) is 6.06. The highest BCUT2D eigenvalue weighted by atomic mass is 16.2. The number of hydrogen-bond donors (Lipinski definition) is 1. The zero-order valence-electron chi connectivity index (χ0n) is 14.3. The van der Waals surface area contributed by atoms with Crippen LogP contribution in [0.25, 0.3) is 0 Å². The van der Waals surface area contributed by atoms with E-state index in [0.717, 1.165) is 25.8 Å². The number of nitrogens with one attached hydrogen (secondary N) is 1. The van der Waals surface area contributed by atoms with Crippen LogP contribution in [0.2, 0.25) is 0 Å². The molecule has 0 aromatic heterocycles. The van der Waals surface area contributed by atoms with Crippen LogP contribution in [0.3, 0.4) is 0 Å². The molecule has 0 saturated carbocycles. The van der Waals surface area contributed by atoms with E-state index in [2.05, 4.69) is 42.9 Å². The van der Waals surface area contributed by atoms with Crippen molar-refractivity contribution < 1.29 is 4.79 Å². The van der Waals surface area contributed by atoms with Crippen molar-refractivity contribution in [2.45, 2.75) is 65.1 Å². The number of hydrogen-bond acceptors (Lipinski definition) is 3. The van der Waals surface area contributed by atoms with Gasteiger partial charge in [-0.2, -0.15) is 0 Å². The maximum absolute atomic E-state index is 12.7. The second kappa shape index (κ2) is 7.59. The first-order valence-corrected chi connectivity index (χ1v) is 8.78. The molecule has 0 radical (unpaired) electrons. The molecule has 122 valence electrons. The number of unbranched alkanes of at least 4 members (excludes halogenated alkanes) is 1. The van der Waals surface area contributed by atoms with E-state index in [1.807, 2.05) is 0 Å². The average Bonchev–Trinajstić information content (AvgIpc) is 2.76. The van der Waals surface area contributed by atoms with Gasteiger partial charge in [0.15, 0.2) is 0 Å². The van der Waals surface area contributed by atoms with Crippen LogP contribution in [0.5, 0.6) is 0 Å². The first-order valence-electron chi connectivity index (χ1n) is 8.78. The molecule has 0 aromatic carbocycles. The number of carbonyl (C=O) groups is 1. The second-order valence-corrected chi connectivity index (χ2v) is 7.29. The van der Waals surface area contributed by atoms with Crippen LogP contribution in [0, 0.1) is 11.8 Å². The summed E-state index contributed by atoms with van der Waals surface area (Å²) in [5, 5.41) is 3.59. The van der Waals surface area contributed by atoms with Gasteiger partial charge in [0.05, 0.1) is 12.2 Å². The van der Waals surface area contributed by atoms with E-state index in [1.54, 1.807) is 0 Å². The van der Waals surface area contributed by atoms with Gasteiger partial charge >= 0.3 is 0 Å². The number of nitrogens with zero attached hydrogens (tertiary/aromatic N) is 2. The average molecular weight is 295 g/mol. The fourth-order valence-electron chi connectivity index (χ4n) is 3.60. The van der Waals surface area contributed by atoms with Gasteiger partial charge in [0.2, 0.25) is 5.91 Å². The quantitative estimate of drug-likeness (QED) is 0.817. The molecule has 2 rings (SSSR count). The highest BCUT2D eigenvalue weighted by Gasteiger charge is 2.40. The molecule has 0 aromatic rings. The van der Waals surface area contributed by atoms with Gasteiger partial charge in [-0.1, -0.05) is 33.6 Å². The first-order chi connectivity index (χ1) is 10.0. The van der Waals surface area contributed by atoms with Gasteiger partial charge in [0.1, 0.15) is 0 Å². The third-order valence-electron chi connectivity index (χ3n) is 5.06. The van der Waals surface area contributed by atoms with Gasteiger partial charge in [-0.05, 0) is 51.2 Å². The topological polar surface area (TPSA) is 35.6 Å². The lowest BCUT2D eigenvalue weighted by Gasteiger charge is -2.34. The van der Waals surface area contributed by atoms with E-state index in [0.29, 0.717) is 17.7 Å².